The van der Waals surface area contributed by atoms with Gasteiger partial charge < -0.3 is 0 Å². The molecule has 13 heavy (non-hydrogen) atoms. The molecule has 1 atom stereocenters. The molecule has 0 aromatic carbocycles. The minimum Gasteiger partial charge on any atom is -0.292 e. The highest BCUT2D eigenvalue weighted by molar-refractivity contribution is 7.89. The second-order valence-corrected chi connectivity index (χ2v) is 5.08. The fourth-order valence-corrected chi connectivity index (χ4v) is 1.97. The van der Waals surface area contributed by atoms with E-state index in [1.165, 1.54) is 11.8 Å². The van der Waals surface area contributed by atoms with Crippen LogP contribution in [0.2, 0.25) is 0 Å². The average molecular weight is 214 g/mol. The highest BCUT2D eigenvalue weighted by Gasteiger charge is 2.39. The molecule has 7 heteroatoms. The van der Waals surface area contributed by atoms with E-state index in [1.807, 2.05) is 0 Å². The predicted octanol–water partition coefficient (Wildman–Crippen LogP) is -0.387. The maximum atomic E-state index is 12.1. The normalized spacial score (nSPS) is 23.2. The molecule has 78 valence electrons. The molecule has 0 saturated carbocycles. The molecule has 1 aliphatic rings. The van der Waals surface area contributed by atoms with E-state index in [9.17, 15) is 17.2 Å². The summed E-state index contributed by atoms with van der Waals surface area (Å²) in [5.74, 6) is 0. The monoisotopic (exact) mass is 214 g/mol. The molecule has 0 amide bonds. The Morgan fingerprint density at radius 3 is 2.23 bits per heavy atom. The van der Waals surface area contributed by atoms with E-state index in [0.717, 1.165) is 0 Å². The Bertz CT molecular complexity index is 274. The summed E-state index contributed by atoms with van der Waals surface area (Å²) < 4.78 is 45.6. The number of halogens is 2. The van der Waals surface area contributed by atoms with Crippen molar-refractivity contribution in [3.8, 4) is 0 Å². The van der Waals surface area contributed by atoms with Gasteiger partial charge in [0.25, 0.3) is 6.43 Å². The van der Waals surface area contributed by atoms with Crippen LogP contribution in [0, 0.1) is 0 Å². The number of likely N-dealkylation sites (tertiary alicyclic amines) is 1. The Kier molecular flexibility index (Phi) is 2.88. The Morgan fingerprint density at radius 1 is 1.46 bits per heavy atom. The van der Waals surface area contributed by atoms with Crippen molar-refractivity contribution in [1.29, 1.82) is 0 Å². The van der Waals surface area contributed by atoms with Gasteiger partial charge in [0.2, 0.25) is 10.0 Å². The number of primary sulfonamides is 1. The summed E-state index contributed by atoms with van der Waals surface area (Å²) in [6, 6.07) is -0.891. The third kappa shape index (κ3) is 2.35. The van der Waals surface area contributed by atoms with E-state index in [0.29, 0.717) is 0 Å². The van der Waals surface area contributed by atoms with Crippen LogP contribution in [0.5, 0.6) is 0 Å². The van der Waals surface area contributed by atoms with Crippen LogP contribution in [0.3, 0.4) is 0 Å². The van der Waals surface area contributed by atoms with Gasteiger partial charge >= 0.3 is 0 Å². The fourth-order valence-electron chi connectivity index (χ4n) is 1.17. The van der Waals surface area contributed by atoms with Crippen LogP contribution >= 0.6 is 0 Å². The van der Waals surface area contributed by atoms with Gasteiger partial charge in [0, 0.05) is 13.1 Å². The molecule has 1 aliphatic heterocycles. The summed E-state index contributed by atoms with van der Waals surface area (Å²) in [6.45, 7) is 1.60. The molecule has 1 saturated heterocycles. The van der Waals surface area contributed by atoms with Gasteiger partial charge in [0.15, 0.2) is 0 Å². The van der Waals surface area contributed by atoms with Gasteiger partial charge in [-0.3, -0.25) is 4.90 Å². The Morgan fingerprint density at radius 2 is 1.92 bits per heavy atom. The van der Waals surface area contributed by atoms with Crippen LogP contribution in [0.1, 0.15) is 6.92 Å². The predicted molar refractivity (Wildman–Crippen MR) is 43.9 cm³/mol. The number of rotatable bonds is 3. The number of nitrogens with zero attached hydrogens (tertiary/aromatic N) is 1. The van der Waals surface area contributed by atoms with Crippen LogP contribution in [0.15, 0.2) is 0 Å². The summed E-state index contributed by atoms with van der Waals surface area (Å²) in [4.78, 5) is 1.40. The van der Waals surface area contributed by atoms with Crippen molar-refractivity contribution in [2.45, 2.75) is 24.6 Å². The third-order valence-electron chi connectivity index (χ3n) is 2.28. The molecule has 1 fully saturated rings. The van der Waals surface area contributed by atoms with Crippen LogP contribution in [0.25, 0.3) is 0 Å². The van der Waals surface area contributed by atoms with E-state index in [2.05, 4.69) is 0 Å². The molecule has 0 aliphatic carbocycles. The van der Waals surface area contributed by atoms with Crippen molar-refractivity contribution in [3.63, 3.8) is 0 Å². The molecule has 0 aromatic rings. The van der Waals surface area contributed by atoms with Gasteiger partial charge in [-0.1, -0.05) is 0 Å². The number of alkyl halides is 2. The first kappa shape index (κ1) is 10.8. The first-order valence-corrected chi connectivity index (χ1v) is 5.47. The molecule has 0 aromatic heterocycles. The molecule has 2 N–H and O–H groups in total. The Hall–Kier alpha value is -0.270. The van der Waals surface area contributed by atoms with Gasteiger partial charge in [0.05, 0.1) is 6.04 Å². The van der Waals surface area contributed by atoms with Gasteiger partial charge in [-0.15, -0.1) is 0 Å². The molecule has 0 radical (unpaired) electrons. The highest BCUT2D eigenvalue weighted by atomic mass is 32.2. The molecular weight excluding hydrogens is 202 g/mol. The Balaban J connectivity index is 2.42. The maximum Gasteiger partial charge on any atom is 0.253 e. The van der Waals surface area contributed by atoms with Crippen molar-refractivity contribution in [1.82, 2.24) is 4.90 Å². The SMILES string of the molecule is CC(C(F)F)N1CC(S(N)(=O)=O)C1. The van der Waals surface area contributed by atoms with Crippen molar-refractivity contribution >= 4 is 10.0 Å². The van der Waals surface area contributed by atoms with Gasteiger partial charge in [-0.25, -0.2) is 22.3 Å². The van der Waals surface area contributed by atoms with E-state index in [-0.39, 0.29) is 13.1 Å². The topological polar surface area (TPSA) is 63.4 Å². The number of hydrogen-bond acceptors (Lipinski definition) is 3. The maximum absolute atomic E-state index is 12.1. The van der Waals surface area contributed by atoms with Crippen molar-refractivity contribution < 1.29 is 17.2 Å². The standard InChI is InChI=1S/C6H12F2N2O2S/c1-4(6(7)8)10-2-5(3-10)13(9,11)12/h4-6H,2-3H2,1H3,(H2,9,11,12). The summed E-state index contributed by atoms with van der Waals surface area (Å²) >= 11 is 0. The minimum atomic E-state index is -3.54. The summed E-state index contributed by atoms with van der Waals surface area (Å²) in [5.41, 5.74) is 0. The lowest BCUT2D eigenvalue weighted by Gasteiger charge is -2.41. The van der Waals surface area contributed by atoms with Crippen LogP contribution in [-0.4, -0.2) is 44.1 Å². The summed E-state index contributed by atoms with van der Waals surface area (Å²) in [5, 5.41) is 4.16. The molecule has 0 bridgehead atoms. The van der Waals surface area contributed by atoms with Gasteiger partial charge in [-0.05, 0) is 6.92 Å². The molecule has 0 spiro atoms. The number of nitrogens with two attached hydrogens (primary N) is 1. The third-order valence-corrected chi connectivity index (χ3v) is 3.51. The summed E-state index contributed by atoms with van der Waals surface area (Å²) in [6.07, 6.45) is -2.44. The minimum absolute atomic E-state index is 0.115. The lowest BCUT2D eigenvalue weighted by Crippen LogP contribution is -2.60. The molecule has 1 unspecified atom stereocenters. The average Bonchev–Trinajstić information content (AvgIpc) is 1.79. The van der Waals surface area contributed by atoms with E-state index < -0.39 is 27.7 Å². The van der Waals surface area contributed by atoms with Crippen molar-refractivity contribution in [2.24, 2.45) is 5.14 Å². The second kappa shape index (κ2) is 3.47. The fraction of sp³-hybridized carbons (Fsp3) is 1.00. The zero-order valence-corrected chi connectivity index (χ0v) is 7.97. The lowest BCUT2D eigenvalue weighted by molar-refractivity contribution is 0.00668. The van der Waals surface area contributed by atoms with E-state index in [1.54, 1.807) is 0 Å². The van der Waals surface area contributed by atoms with E-state index >= 15 is 0 Å². The van der Waals surface area contributed by atoms with Crippen LogP contribution < -0.4 is 5.14 Å². The van der Waals surface area contributed by atoms with Gasteiger partial charge in [-0.2, -0.15) is 0 Å². The van der Waals surface area contributed by atoms with Crippen LogP contribution in [-0.2, 0) is 10.0 Å². The van der Waals surface area contributed by atoms with Gasteiger partial charge in [0.1, 0.15) is 5.25 Å². The zero-order valence-electron chi connectivity index (χ0n) is 7.15. The number of sulfonamides is 1. The van der Waals surface area contributed by atoms with Crippen molar-refractivity contribution in [3.05, 3.63) is 0 Å². The van der Waals surface area contributed by atoms with Crippen molar-refractivity contribution in [2.75, 3.05) is 13.1 Å². The van der Waals surface area contributed by atoms with Crippen LogP contribution in [0.4, 0.5) is 8.78 Å². The molecule has 4 nitrogen and oxygen atoms in total. The smallest absolute Gasteiger partial charge is 0.253 e. The van der Waals surface area contributed by atoms with E-state index in [4.69, 9.17) is 5.14 Å². The molecular formula is C6H12F2N2O2S. The molecule has 1 heterocycles. The first-order chi connectivity index (χ1) is 5.82. The zero-order chi connectivity index (χ0) is 10.2. The largest absolute Gasteiger partial charge is 0.292 e. The highest BCUT2D eigenvalue weighted by Crippen LogP contribution is 2.20. The quantitative estimate of drug-likeness (QED) is 0.696. The summed E-state index contributed by atoms with van der Waals surface area (Å²) in [7, 11) is -3.54. The first-order valence-electron chi connectivity index (χ1n) is 3.86. The lowest BCUT2D eigenvalue weighted by atomic mass is 10.1. The molecule has 1 rings (SSSR count). The number of hydrogen-bond donors (Lipinski definition) is 1. The Labute approximate surface area is 75.7 Å². The second-order valence-electron chi connectivity index (χ2n) is 3.24.